The average molecular weight is 613 g/mol. The SMILES string of the molecule is c1ccc(-c2ccc(-c3nc4ccccc4n3-c3ccc4cc(-c5c6ccccc6cc6c5oc5ccccc56)ccc4c3)cc2)cc1. The molecule has 2 heterocycles. The molecule has 0 aliphatic rings. The predicted molar refractivity (Wildman–Crippen MR) is 200 cm³/mol. The van der Waals surface area contributed by atoms with Gasteiger partial charge in [-0.1, -0.05) is 127 Å². The van der Waals surface area contributed by atoms with Gasteiger partial charge < -0.3 is 4.42 Å². The third-order valence-corrected chi connectivity index (χ3v) is 9.57. The molecular formula is C45H28N2O. The summed E-state index contributed by atoms with van der Waals surface area (Å²) in [5.74, 6) is 0.926. The Kier molecular flexibility index (Phi) is 5.87. The molecule has 0 bridgehead atoms. The lowest BCUT2D eigenvalue weighted by Gasteiger charge is -2.13. The summed E-state index contributed by atoms with van der Waals surface area (Å²) >= 11 is 0. The first-order valence-corrected chi connectivity index (χ1v) is 16.3. The second-order valence-electron chi connectivity index (χ2n) is 12.4. The van der Waals surface area contributed by atoms with E-state index in [2.05, 4.69) is 162 Å². The molecule has 0 radical (unpaired) electrons. The normalized spacial score (nSPS) is 11.8. The molecule has 0 saturated heterocycles. The number of imidazole rings is 1. The smallest absolute Gasteiger partial charge is 0.145 e. The highest BCUT2D eigenvalue weighted by Gasteiger charge is 2.18. The summed E-state index contributed by atoms with van der Waals surface area (Å²) < 4.78 is 8.83. The third kappa shape index (κ3) is 4.18. The van der Waals surface area contributed by atoms with Crippen LogP contribution in [0.1, 0.15) is 0 Å². The fourth-order valence-corrected chi connectivity index (χ4v) is 7.26. The van der Waals surface area contributed by atoms with Gasteiger partial charge in [-0.25, -0.2) is 4.98 Å². The van der Waals surface area contributed by atoms with Crippen molar-refractivity contribution < 1.29 is 4.42 Å². The van der Waals surface area contributed by atoms with Crippen LogP contribution < -0.4 is 0 Å². The summed E-state index contributed by atoms with van der Waals surface area (Å²) in [6.07, 6.45) is 0. The summed E-state index contributed by atoms with van der Waals surface area (Å²) in [6, 6.07) is 60.2. The second-order valence-corrected chi connectivity index (χ2v) is 12.4. The van der Waals surface area contributed by atoms with Crippen molar-refractivity contribution in [1.82, 2.24) is 9.55 Å². The molecule has 0 fully saturated rings. The van der Waals surface area contributed by atoms with Crippen molar-refractivity contribution >= 4 is 54.5 Å². The summed E-state index contributed by atoms with van der Waals surface area (Å²) in [6.45, 7) is 0. The van der Waals surface area contributed by atoms with Gasteiger partial charge >= 0.3 is 0 Å². The molecule has 10 rings (SSSR count). The molecule has 0 saturated carbocycles. The molecule has 3 nitrogen and oxygen atoms in total. The minimum atomic E-state index is 0.910. The van der Waals surface area contributed by atoms with Crippen LogP contribution in [-0.4, -0.2) is 9.55 Å². The number of fused-ring (bicyclic) bond motifs is 6. The Morgan fingerprint density at radius 1 is 0.438 bits per heavy atom. The van der Waals surface area contributed by atoms with Crippen LogP contribution in [0.25, 0.3) is 93.8 Å². The number of nitrogens with zero attached hydrogens (tertiary/aromatic N) is 2. The quantitative estimate of drug-likeness (QED) is 0.198. The number of rotatable bonds is 4. The molecule has 0 N–H and O–H groups in total. The number of furan rings is 1. The van der Waals surface area contributed by atoms with E-state index in [-0.39, 0.29) is 0 Å². The molecule has 0 unspecified atom stereocenters. The van der Waals surface area contributed by atoms with Gasteiger partial charge in [-0.15, -0.1) is 0 Å². The largest absolute Gasteiger partial charge is 0.455 e. The van der Waals surface area contributed by atoms with Gasteiger partial charge in [0, 0.05) is 27.6 Å². The van der Waals surface area contributed by atoms with Crippen molar-refractivity contribution in [2.45, 2.75) is 0 Å². The van der Waals surface area contributed by atoms with Gasteiger partial charge in [0.2, 0.25) is 0 Å². The zero-order chi connectivity index (χ0) is 31.6. The van der Waals surface area contributed by atoms with Gasteiger partial charge in [-0.2, -0.15) is 0 Å². The summed E-state index contributed by atoms with van der Waals surface area (Å²) in [7, 11) is 0. The molecule has 0 amide bonds. The van der Waals surface area contributed by atoms with Gasteiger partial charge in [-0.3, -0.25) is 4.57 Å². The maximum atomic E-state index is 6.54. The van der Waals surface area contributed by atoms with Crippen LogP contribution in [0.15, 0.2) is 174 Å². The van der Waals surface area contributed by atoms with Crippen LogP contribution in [0, 0.1) is 0 Å². The Bertz CT molecular complexity index is 2820. The highest BCUT2D eigenvalue weighted by molar-refractivity contribution is 6.18. The van der Waals surface area contributed by atoms with Gasteiger partial charge in [0.1, 0.15) is 17.0 Å². The van der Waals surface area contributed by atoms with Crippen molar-refractivity contribution in [3.8, 4) is 39.3 Å². The number of para-hydroxylation sites is 3. The van der Waals surface area contributed by atoms with Crippen LogP contribution >= 0.6 is 0 Å². The summed E-state index contributed by atoms with van der Waals surface area (Å²) in [5.41, 5.74) is 10.7. The number of hydrogen-bond acceptors (Lipinski definition) is 2. The minimum absolute atomic E-state index is 0.910. The van der Waals surface area contributed by atoms with Crippen LogP contribution in [-0.2, 0) is 0 Å². The highest BCUT2D eigenvalue weighted by atomic mass is 16.3. The molecular weight excluding hydrogens is 585 g/mol. The molecule has 2 aromatic heterocycles. The van der Waals surface area contributed by atoms with Crippen LogP contribution in [0.2, 0.25) is 0 Å². The fourth-order valence-electron chi connectivity index (χ4n) is 7.26. The first-order chi connectivity index (χ1) is 23.8. The Balaban J connectivity index is 1.12. The molecule has 0 aliphatic heterocycles. The Morgan fingerprint density at radius 2 is 1.10 bits per heavy atom. The fraction of sp³-hybridized carbons (Fsp3) is 0. The molecule has 10 aromatic rings. The number of aromatic nitrogens is 2. The first kappa shape index (κ1) is 26.7. The summed E-state index contributed by atoms with van der Waals surface area (Å²) in [5, 5.41) is 7.02. The van der Waals surface area contributed by atoms with E-state index in [4.69, 9.17) is 9.40 Å². The number of hydrogen-bond donors (Lipinski definition) is 0. The molecule has 48 heavy (non-hydrogen) atoms. The van der Waals surface area contributed by atoms with E-state index >= 15 is 0 Å². The van der Waals surface area contributed by atoms with Crippen LogP contribution in [0.4, 0.5) is 0 Å². The molecule has 8 aromatic carbocycles. The van der Waals surface area contributed by atoms with Crippen LogP contribution in [0.5, 0.6) is 0 Å². The lowest BCUT2D eigenvalue weighted by Crippen LogP contribution is -1.98. The van der Waals surface area contributed by atoms with Crippen LogP contribution in [0.3, 0.4) is 0 Å². The van der Waals surface area contributed by atoms with E-state index < -0.39 is 0 Å². The molecule has 0 aliphatic carbocycles. The van der Waals surface area contributed by atoms with Crippen molar-refractivity contribution in [3.05, 3.63) is 170 Å². The van der Waals surface area contributed by atoms with E-state index in [0.717, 1.165) is 61.2 Å². The first-order valence-electron chi connectivity index (χ1n) is 16.3. The molecule has 224 valence electrons. The van der Waals surface area contributed by atoms with E-state index in [1.165, 1.54) is 32.7 Å². The van der Waals surface area contributed by atoms with Gasteiger partial charge in [0.05, 0.1) is 11.0 Å². The van der Waals surface area contributed by atoms with Crippen molar-refractivity contribution in [2.75, 3.05) is 0 Å². The summed E-state index contributed by atoms with van der Waals surface area (Å²) in [4.78, 5) is 5.12. The maximum absolute atomic E-state index is 6.54. The molecule has 3 heteroatoms. The Labute approximate surface area is 277 Å². The Hall–Kier alpha value is -6.45. The Morgan fingerprint density at radius 3 is 2.00 bits per heavy atom. The zero-order valence-corrected chi connectivity index (χ0v) is 26.0. The lowest BCUT2D eigenvalue weighted by molar-refractivity contribution is 0.670. The monoisotopic (exact) mass is 612 g/mol. The van der Waals surface area contributed by atoms with E-state index in [9.17, 15) is 0 Å². The minimum Gasteiger partial charge on any atom is -0.455 e. The van der Waals surface area contributed by atoms with Gasteiger partial charge in [-0.05, 0) is 80.7 Å². The molecule has 0 atom stereocenters. The zero-order valence-electron chi connectivity index (χ0n) is 26.0. The van der Waals surface area contributed by atoms with E-state index in [0.29, 0.717) is 0 Å². The van der Waals surface area contributed by atoms with Crippen molar-refractivity contribution in [2.24, 2.45) is 0 Å². The van der Waals surface area contributed by atoms with Crippen molar-refractivity contribution in [1.29, 1.82) is 0 Å². The standard InChI is InChI=1S/C45H28N2O/c1-2-10-29(11-3-1)30-18-20-31(21-19-30)45-46-40-15-7-8-16-41(40)47(45)36-25-24-32-26-35(23-22-33(32)27-36)43-37-13-5-4-12-34(37)28-39-38-14-6-9-17-42(38)48-44(39)43/h1-28H. The second kappa shape index (κ2) is 10.5. The topological polar surface area (TPSA) is 31.0 Å². The number of benzene rings is 8. The maximum Gasteiger partial charge on any atom is 0.145 e. The third-order valence-electron chi connectivity index (χ3n) is 9.57. The lowest BCUT2D eigenvalue weighted by atomic mass is 9.93. The molecule has 0 spiro atoms. The van der Waals surface area contributed by atoms with Gasteiger partial charge in [0.25, 0.3) is 0 Å². The van der Waals surface area contributed by atoms with E-state index in [1.807, 2.05) is 12.1 Å². The predicted octanol–water partition coefficient (Wildman–Crippen LogP) is 12.2. The highest BCUT2D eigenvalue weighted by Crippen LogP contribution is 2.42. The van der Waals surface area contributed by atoms with E-state index in [1.54, 1.807) is 0 Å². The van der Waals surface area contributed by atoms with Gasteiger partial charge in [0.15, 0.2) is 0 Å². The average Bonchev–Trinajstić information content (AvgIpc) is 3.73. The van der Waals surface area contributed by atoms with Crippen molar-refractivity contribution in [3.63, 3.8) is 0 Å².